The van der Waals surface area contributed by atoms with Crippen LogP contribution in [0.15, 0.2) is 12.4 Å². The first-order chi connectivity index (χ1) is 8.66. The average Bonchev–Trinajstić information content (AvgIpc) is 2.96. The number of rotatable bonds is 2. The summed E-state index contributed by atoms with van der Waals surface area (Å²) in [5.41, 5.74) is 0. The standard InChI is InChI=1S/C12H16N4O2/c1-14-6-4-13-10(14)7-15-8-11(17)16-5-2-3-9(16)12(15)18/h4,6,9H,2-3,5,7-8H2,1H3. The third kappa shape index (κ3) is 1.68. The monoisotopic (exact) mass is 248 g/mol. The van der Waals surface area contributed by atoms with Crippen LogP contribution in [-0.4, -0.2) is 50.3 Å². The second-order valence-corrected chi connectivity index (χ2v) is 4.89. The van der Waals surface area contributed by atoms with Gasteiger partial charge in [-0.3, -0.25) is 9.59 Å². The summed E-state index contributed by atoms with van der Waals surface area (Å²) in [6.07, 6.45) is 5.26. The van der Waals surface area contributed by atoms with Gasteiger partial charge in [-0.15, -0.1) is 0 Å². The highest BCUT2D eigenvalue weighted by Gasteiger charge is 2.41. The smallest absolute Gasteiger partial charge is 0.246 e. The summed E-state index contributed by atoms with van der Waals surface area (Å²) in [5.74, 6) is 0.934. The quantitative estimate of drug-likeness (QED) is 0.725. The van der Waals surface area contributed by atoms with Gasteiger partial charge in [0.2, 0.25) is 11.8 Å². The first-order valence-corrected chi connectivity index (χ1v) is 6.21. The molecule has 2 amide bonds. The van der Waals surface area contributed by atoms with E-state index in [9.17, 15) is 9.59 Å². The number of amides is 2. The maximum atomic E-state index is 12.3. The normalized spacial score (nSPS) is 23.7. The zero-order valence-corrected chi connectivity index (χ0v) is 10.4. The highest BCUT2D eigenvalue weighted by molar-refractivity contribution is 5.95. The lowest BCUT2D eigenvalue weighted by Gasteiger charge is -2.36. The molecular formula is C12H16N4O2. The Labute approximate surface area is 105 Å². The van der Waals surface area contributed by atoms with Crippen LogP contribution in [-0.2, 0) is 23.2 Å². The molecule has 2 saturated heterocycles. The van der Waals surface area contributed by atoms with Crippen molar-refractivity contribution in [1.29, 1.82) is 0 Å². The van der Waals surface area contributed by atoms with Gasteiger partial charge in [-0.25, -0.2) is 4.98 Å². The molecule has 2 aliphatic heterocycles. The van der Waals surface area contributed by atoms with Gasteiger partial charge in [0.1, 0.15) is 18.4 Å². The fraction of sp³-hybridized carbons (Fsp3) is 0.583. The molecule has 6 heteroatoms. The first kappa shape index (κ1) is 11.3. The van der Waals surface area contributed by atoms with Gasteiger partial charge in [-0.2, -0.15) is 0 Å². The Bertz CT molecular complexity index is 496. The number of nitrogens with zero attached hydrogens (tertiary/aromatic N) is 4. The number of imidazole rings is 1. The largest absolute Gasteiger partial charge is 0.337 e. The van der Waals surface area contributed by atoms with E-state index in [1.807, 2.05) is 17.8 Å². The molecule has 6 nitrogen and oxygen atoms in total. The van der Waals surface area contributed by atoms with Crippen molar-refractivity contribution >= 4 is 11.8 Å². The Morgan fingerprint density at radius 1 is 1.44 bits per heavy atom. The fourth-order valence-electron chi connectivity index (χ4n) is 2.72. The van der Waals surface area contributed by atoms with Gasteiger partial charge in [0.25, 0.3) is 0 Å². The molecule has 2 aliphatic rings. The topological polar surface area (TPSA) is 58.4 Å². The van der Waals surface area contributed by atoms with Gasteiger partial charge in [-0.05, 0) is 12.8 Å². The lowest BCUT2D eigenvalue weighted by molar-refractivity contribution is -0.154. The molecule has 0 spiro atoms. The zero-order chi connectivity index (χ0) is 12.7. The van der Waals surface area contributed by atoms with Gasteiger partial charge in [-0.1, -0.05) is 0 Å². The number of aryl methyl sites for hydroxylation is 1. The molecule has 0 aliphatic carbocycles. The minimum atomic E-state index is -0.230. The average molecular weight is 248 g/mol. The van der Waals surface area contributed by atoms with Crippen LogP contribution in [0.4, 0.5) is 0 Å². The number of fused-ring (bicyclic) bond motifs is 1. The molecule has 0 radical (unpaired) electrons. The SMILES string of the molecule is Cn1ccnc1CN1CC(=O)N2CCCC2C1=O. The molecule has 1 atom stereocenters. The van der Waals surface area contributed by atoms with Crippen molar-refractivity contribution in [2.45, 2.75) is 25.4 Å². The Kier molecular flexibility index (Phi) is 2.57. The summed E-state index contributed by atoms with van der Waals surface area (Å²) in [5, 5.41) is 0. The summed E-state index contributed by atoms with van der Waals surface area (Å²) in [4.78, 5) is 31.8. The number of piperazine rings is 1. The predicted octanol–water partition coefficient (Wildman–Crippen LogP) is -0.247. The Morgan fingerprint density at radius 2 is 2.28 bits per heavy atom. The van der Waals surface area contributed by atoms with Crippen molar-refractivity contribution in [3.8, 4) is 0 Å². The maximum Gasteiger partial charge on any atom is 0.246 e. The van der Waals surface area contributed by atoms with Crippen molar-refractivity contribution < 1.29 is 9.59 Å². The molecule has 1 unspecified atom stereocenters. The van der Waals surface area contributed by atoms with E-state index in [-0.39, 0.29) is 24.4 Å². The molecule has 1 aromatic rings. The number of aromatic nitrogens is 2. The van der Waals surface area contributed by atoms with Gasteiger partial charge in [0, 0.05) is 26.0 Å². The predicted molar refractivity (Wildman–Crippen MR) is 63.4 cm³/mol. The summed E-state index contributed by atoms with van der Waals surface area (Å²) in [6, 6.07) is -0.230. The van der Waals surface area contributed by atoms with Crippen LogP contribution >= 0.6 is 0 Å². The minimum Gasteiger partial charge on any atom is -0.337 e. The van der Waals surface area contributed by atoms with Gasteiger partial charge < -0.3 is 14.4 Å². The van der Waals surface area contributed by atoms with E-state index in [1.54, 1.807) is 16.0 Å². The van der Waals surface area contributed by atoms with Crippen LogP contribution in [0, 0.1) is 0 Å². The van der Waals surface area contributed by atoms with Crippen LogP contribution in [0.2, 0.25) is 0 Å². The van der Waals surface area contributed by atoms with Crippen LogP contribution in [0.25, 0.3) is 0 Å². The van der Waals surface area contributed by atoms with E-state index in [0.29, 0.717) is 6.54 Å². The van der Waals surface area contributed by atoms with Crippen LogP contribution in [0.1, 0.15) is 18.7 Å². The second-order valence-electron chi connectivity index (χ2n) is 4.89. The first-order valence-electron chi connectivity index (χ1n) is 6.21. The molecule has 96 valence electrons. The summed E-state index contributed by atoms with van der Waals surface area (Å²) in [6.45, 7) is 1.33. The fourth-order valence-corrected chi connectivity index (χ4v) is 2.72. The van der Waals surface area contributed by atoms with E-state index in [1.165, 1.54) is 0 Å². The van der Waals surface area contributed by atoms with E-state index >= 15 is 0 Å². The van der Waals surface area contributed by atoms with E-state index in [4.69, 9.17) is 0 Å². The maximum absolute atomic E-state index is 12.3. The Balaban J connectivity index is 1.79. The lowest BCUT2D eigenvalue weighted by Crippen LogP contribution is -2.57. The van der Waals surface area contributed by atoms with Crippen molar-refractivity contribution in [3.63, 3.8) is 0 Å². The number of carbonyl (C=O) groups is 2. The molecule has 1 aromatic heterocycles. The van der Waals surface area contributed by atoms with Gasteiger partial charge in [0.15, 0.2) is 0 Å². The zero-order valence-electron chi connectivity index (χ0n) is 10.4. The third-order valence-electron chi connectivity index (χ3n) is 3.75. The highest BCUT2D eigenvalue weighted by atomic mass is 16.2. The van der Waals surface area contributed by atoms with Crippen LogP contribution < -0.4 is 0 Å². The van der Waals surface area contributed by atoms with Crippen LogP contribution in [0.5, 0.6) is 0 Å². The van der Waals surface area contributed by atoms with E-state index in [0.717, 1.165) is 25.2 Å². The Hall–Kier alpha value is -1.85. The van der Waals surface area contributed by atoms with Crippen molar-refractivity contribution in [2.24, 2.45) is 7.05 Å². The molecule has 0 saturated carbocycles. The van der Waals surface area contributed by atoms with Crippen molar-refractivity contribution in [1.82, 2.24) is 19.4 Å². The molecule has 3 rings (SSSR count). The molecule has 0 aromatic carbocycles. The summed E-state index contributed by atoms with van der Waals surface area (Å²) < 4.78 is 1.87. The number of hydrogen-bond donors (Lipinski definition) is 0. The minimum absolute atomic E-state index is 0.0614. The molecule has 2 fully saturated rings. The summed E-state index contributed by atoms with van der Waals surface area (Å²) >= 11 is 0. The highest BCUT2D eigenvalue weighted by Crippen LogP contribution is 2.24. The van der Waals surface area contributed by atoms with E-state index in [2.05, 4.69) is 4.98 Å². The number of hydrogen-bond acceptors (Lipinski definition) is 3. The lowest BCUT2D eigenvalue weighted by atomic mass is 10.1. The van der Waals surface area contributed by atoms with Crippen LogP contribution in [0.3, 0.4) is 0 Å². The second kappa shape index (κ2) is 4.12. The molecule has 18 heavy (non-hydrogen) atoms. The molecule has 0 bridgehead atoms. The van der Waals surface area contributed by atoms with Gasteiger partial charge >= 0.3 is 0 Å². The molecule has 0 N–H and O–H groups in total. The molecule has 3 heterocycles. The Morgan fingerprint density at radius 3 is 3.00 bits per heavy atom. The summed E-state index contributed by atoms with van der Waals surface area (Å²) in [7, 11) is 1.89. The molecular weight excluding hydrogens is 232 g/mol. The number of carbonyl (C=O) groups excluding carboxylic acids is 2. The third-order valence-corrected chi connectivity index (χ3v) is 3.75. The van der Waals surface area contributed by atoms with Crippen molar-refractivity contribution in [2.75, 3.05) is 13.1 Å². The van der Waals surface area contributed by atoms with Crippen molar-refractivity contribution in [3.05, 3.63) is 18.2 Å². The van der Waals surface area contributed by atoms with Gasteiger partial charge in [0.05, 0.1) is 6.54 Å². The van der Waals surface area contributed by atoms with E-state index < -0.39 is 0 Å².